The second-order valence-electron chi connectivity index (χ2n) is 3.76. The molecule has 1 aromatic rings. The number of benzene rings is 1. The van der Waals surface area contributed by atoms with Crippen LogP contribution in [0.15, 0.2) is 29.2 Å². The molecule has 0 saturated heterocycles. The minimum absolute atomic E-state index is 0.0307. The Morgan fingerprint density at radius 1 is 1.35 bits per heavy atom. The summed E-state index contributed by atoms with van der Waals surface area (Å²) in [4.78, 5) is 11.3. The van der Waals surface area contributed by atoms with Crippen molar-refractivity contribution in [3.05, 3.63) is 24.3 Å². The first-order valence-electron chi connectivity index (χ1n) is 5.77. The summed E-state index contributed by atoms with van der Waals surface area (Å²) in [5, 5.41) is 10.6. The Bertz CT molecular complexity index is 590. The molecule has 0 aliphatic carbocycles. The number of methoxy groups -OCH3 is 1. The number of carbonyl (C=O) groups is 1. The van der Waals surface area contributed by atoms with Crippen molar-refractivity contribution >= 4 is 15.9 Å². The van der Waals surface area contributed by atoms with Crippen LogP contribution in [-0.2, 0) is 14.8 Å². The largest absolute Gasteiger partial charge is 0.497 e. The smallest absolute Gasteiger partial charge is 0.240 e. The average Bonchev–Trinajstić information content (AvgIpc) is 2.45. The zero-order valence-electron chi connectivity index (χ0n) is 10.9. The van der Waals surface area contributed by atoms with Gasteiger partial charge >= 0.3 is 0 Å². The Kier molecular flexibility index (Phi) is 5.96. The van der Waals surface area contributed by atoms with E-state index in [4.69, 9.17) is 10.00 Å². The zero-order chi connectivity index (χ0) is 15.0. The van der Waals surface area contributed by atoms with Crippen molar-refractivity contribution in [2.24, 2.45) is 0 Å². The van der Waals surface area contributed by atoms with Gasteiger partial charge in [-0.2, -0.15) is 5.26 Å². The monoisotopic (exact) mass is 297 g/mol. The van der Waals surface area contributed by atoms with Crippen molar-refractivity contribution in [3.63, 3.8) is 0 Å². The number of ether oxygens (including phenoxy) is 1. The van der Waals surface area contributed by atoms with Gasteiger partial charge in [0.2, 0.25) is 15.9 Å². The van der Waals surface area contributed by atoms with Crippen molar-refractivity contribution in [1.82, 2.24) is 10.0 Å². The number of nitrogens with one attached hydrogen (secondary N) is 2. The summed E-state index contributed by atoms with van der Waals surface area (Å²) in [6, 6.07) is 7.66. The normalized spacial score (nSPS) is 10.6. The molecule has 20 heavy (non-hydrogen) atoms. The summed E-state index contributed by atoms with van der Waals surface area (Å²) in [6.45, 7) is -0.129. The van der Waals surface area contributed by atoms with Gasteiger partial charge in [0.05, 0.1) is 18.1 Å². The highest BCUT2D eigenvalue weighted by Crippen LogP contribution is 2.15. The number of rotatable bonds is 7. The highest BCUT2D eigenvalue weighted by molar-refractivity contribution is 7.89. The first kappa shape index (κ1) is 15.9. The second-order valence-corrected chi connectivity index (χ2v) is 5.53. The van der Waals surface area contributed by atoms with Crippen molar-refractivity contribution < 1.29 is 17.9 Å². The van der Waals surface area contributed by atoms with E-state index >= 15 is 0 Å². The van der Waals surface area contributed by atoms with Crippen molar-refractivity contribution in [2.75, 3.05) is 20.2 Å². The van der Waals surface area contributed by atoms with Gasteiger partial charge in [0.15, 0.2) is 0 Å². The molecule has 8 heteroatoms. The predicted octanol–water partition coefficient (Wildman–Crippen LogP) is 0.00338. The molecule has 0 spiro atoms. The Morgan fingerprint density at radius 3 is 2.55 bits per heavy atom. The van der Waals surface area contributed by atoms with Gasteiger partial charge in [-0.05, 0) is 24.3 Å². The topological polar surface area (TPSA) is 108 Å². The van der Waals surface area contributed by atoms with E-state index in [-0.39, 0.29) is 30.3 Å². The van der Waals surface area contributed by atoms with Crippen LogP contribution in [0.1, 0.15) is 6.42 Å². The molecule has 0 aromatic heterocycles. The summed E-state index contributed by atoms with van der Waals surface area (Å²) in [6.07, 6.45) is -0.0307. The fraction of sp³-hybridized carbons (Fsp3) is 0.333. The molecule has 0 unspecified atom stereocenters. The van der Waals surface area contributed by atoms with Gasteiger partial charge in [0, 0.05) is 13.0 Å². The van der Waals surface area contributed by atoms with Gasteiger partial charge in [-0.1, -0.05) is 0 Å². The molecule has 1 amide bonds. The summed E-state index contributed by atoms with van der Waals surface area (Å²) >= 11 is 0. The van der Waals surface area contributed by atoms with Crippen LogP contribution in [-0.4, -0.2) is 34.5 Å². The van der Waals surface area contributed by atoms with E-state index < -0.39 is 10.0 Å². The molecule has 1 rings (SSSR count). The lowest BCUT2D eigenvalue weighted by atomic mass is 10.3. The van der Waals surface area contributed by atoms with Gasteiger partial charge in [-0.3, -0.25) is 4.79 Å². The highest BCUT2D eigenvalue weighted by Gasteiger charge is 2.14. The SMILES string of the molecule is COc1ccc(S(=O)(=O)NCCC(=O)NCC#N)cc1. The Morgan fingerprint density at radius 2 is 2.00 bits per heavy atom. The number of nitrogens with zero attached hydrogens (tertiary/aromatic N) is 1. The van der Waals surface area contributed by atoms with Gasteiger partial charge in [-0.25, -0.2) is 13.1 Å². The van der Waals surface area contributed by atoms with E-state index in [1.165, 1.54) is 31.4 Å². The molecule has 108 valence electrons. The maximum Gasteiger partial charge on any atom is 0.240 e. The molecule has 0 aliphatic rings. The number of sulfonamides is 1. The average molecular weight is 297 g/mol. The quantitative estimate of drug-likeness (QED) is 0.689. The van der Waals surface area contributed by atoms with Crippen LogP contribution in [0, 0.1) is 11.3 Å². The number of carbonyl (C=O) groups excluding carboxylic acids is 1. The van der Waals surface area contributed by atoms with E-state index in [1.54, 1.807) is 6.07 Å². The standard InChI is InChI=1S/C12H15N3O4S/c1-19-10-2-4-11(5-3-10)20(17,18)15-8-6-12(16)14-9-7-13/h2-5,15H,6,8-9H2,1H3,(H,14,16). The number of amides is 1. The van der Waals surface area contributed by atoms with Crippen LogP contribution in [0.25, 0.3) is 0 Å². The van der Waals surface area contributed by atoms with E-state index in [2.05, 4.69) is 10.0 Å². The lowest BCUT2D eigenvalue weighted by Crippen LogP contribution is -2.30. The summed E-state index contributed by atoms with van der Waals surface area (Å²) in [7, 11) is -2.16. The molecule has 0 heterocycles. The van der Waals surface area contributed by atoms with Gasteiger partial charge in [0.1, 0.15) is 12.3 Å². The molecule has 2 N–H and O–H groups in total. The lowest BCUT2D eigenvalue weighted by Gasteiger charge is -2.07. The number of hydrogen-bond donors (Lipinski definition) is 2. The highest BCUT2D eigenvalue weighted by atomic mass is 32.2. The van der Waals surface area contributed by atoms with E-state index in [1.807, 2.05) is 0 Å². The summed E-state index contributed by atoms with van der Waals surface area (Å²) < 4.78 is 31.0. The fourth-order valence-corrected chi connectivity index (χ4v) is 2.40. The molecule has 0 atom stereocenters. The van der Waals surface area contributed by atoms with Crippen LogP contribution in [0.2, 0.25) is 0 Å². The van der Waals surface area contributed by atoms with Crippen LogP contribution in [0.4, 0.5) is 0 Å². The third kappa shape index (κ3) is 4.87. The third-order valence-electron chi connectivity index (χ3n) is 2.38. The van der Waals surface area contributed by atoms with Crippen molar-refractivity contribution in [3.8, 4) is 11.8 Å². The van der Waals surface area contributed by atoms with Crippen LogP contribution >= 0.6 is 0 Å². The third-order valence-corrected chi connectivity index (χ3v) is 3.86. The fourth-order valence-electron chi connectivity index (χ4n) is 1.36. The zero-order valence-corrected chi connectivity index (χ0v) is 11.7. The lowest BCUT2D eigenvalue weighted by molar-refractivity contribution is -0.120. The van der Waals surface area contributed by atoms with E-state index in [0.29, 0.717) is 5.75 Å². The first-order valence-corrected chi connectivity index (χ1v) is 7.25. The summed E-state index contributed by atoms with van der Waals surface area (Å²) in [5.74, 6) is 0.170. The van der Waals surface area contributed by atoms with Crippen molar-refractivity contribution in [1.29, 1.82) is 5.26 Å². The number of nitriles is 1. The Hall–Kier alpha value is -2.11. The van der Waals surface area contributed by atoms with Crippen molar-refractivity contribution in [2.45, 2.75) is 11.3 Å². The van der Waals surface area contributed by atoms with E-state index in [0.717, 1.165) is 0 Å². The first-order chi connectivity index (χ1) is 9.49. The maximum absolute atomic E-state index is 11.9. The molecular weight excluding hydrogens is 282 g/mol. The molecule has 0 bridgehead atoms. The molecular formula is C12H15N3O4S. The minimum Gasteiger partial charge on any atom is -0.497 e. The second kappa shape index (κ2) is 7.47. The molecule has 1 aromatic carbocycles. The summed E-state index contributed by atoms with van der Waals surface area (Å²) in [5.41, 5.74) is 0. The Balaban J connectivity index is 2.53. The van der Waals surface area contributed by atoms with E-state index in [9.17, 15) is 13.2 Å². The van der Waals surface area contributed by atoms with Crippen LogP contribution < -0.4 is 14.8 Å². The molecule has 7 nitrogen and oxygen atoms in total. The van der Waals surface area contributed by atoms with Gasteiger partial charge in [0.25, 0.3) is 0 Å². The Labute approximate surface area is 117 Å². The molecule has 0 radical (unpaired) electrons. The van der Waals surface area contributed by atoms with Crippen LogP contribution in [0.5, 0.6) is 5.75 Å². The maximum atomic E-state index is 11.9. The number of hydrogen-bond acceptors (Lipinski definition) is 5. The predicted molar refractivity (Wildman–Crippen MR) is 71.4 cm³/mol. The molecule has 0 saturated carbocycles. The minimum atomic E-state index is -3.65. The molecule has 0 fully saturated rings. The van der Waals surface area contributed by atoms with Gasteiger partial charge in [-0.15, -0.1) is 0 Å². The van der Waals surface area contributed by atoms with Crippen LogP contribution in [0.3, 0.4) is 0 Å². The molecule has 0 aliphatic heterocycles. The van der Waals surface area contributed by atoms with Gasteiger partial charge < -0.3 is 10.1 Å².